The van der Waals surface area contributed by atoms with E-state index in [4.69, 9.17) is 11.6 Å². The average Bonchev–Trinajstić information content (AvgIpc) is 2.52. The van der Waals surface area contributed by atoms with E-state index in [1.54, 1.807) is 0 Å². The highest BCUT2D eigenvalue weighted by Gasteiger charge is 2.07. The summed E-state index contributed by atoms with van der Waals surface area (Å²) in [6.07, 6.45) is 2.13. The standard InChI is InChI=1S/C11H11ClS2/c1-7-11(13-2)9-5-8(6-12)3-4-10(9)14-7/h3-5H,6H2,1-2H3. The van der Waals surface area contributed by atoms with Gasteiger partial charge in [-0.15, -0.1) is 34.7 Å². The summed E-state index contributed by atoms with van der Waals surface area (Å²) >= 11 is 9.50. The van der Waals surface area contributed by atoms with Crippen LogP contribution in [0.2, 0.25) is 0 Å². The van der Waals surface area contributed by atoms with Crippen molar-refractivity contribution < 1.29 is 0 Å². The summed E-state index contributed by atoms with van der Waals surface area (Å²) < 4.78 is 1.36. The largest absolute Gasteiger partial charge is 0.139 e. The van der Waals surface area contributed by atoms with Crippen molar-refractivity contribution in [3.8, 4) is 0 Å². The Morgan fingerprint density at radius 1 is 1.43 bits per heavy atom. The molecule has 0 radical (unpaired) electrons. The Balaban J connectivity index is 2.71. The lowest BCUT2D eigenvalue weighted by Gasteiger charge is -1.98. The quantitative estimate of drug-likeness (QED) is 0.545. The maximum atomic E-state index is 5.83. The van der Waals surface area contributed by atoms with Crippen molar-refractivity contribution in [1.82, 2.24) is 0 Å². The average molecular weight is 243 g/mol. The molecule has 0 fully saturated rings. The Hall–Kier alpha value is -0.180. The Kier molecular flexibility index (Phi) is 3.05. The number of alkyl halides is 1. The van der Waals surface area contributed by atoms with E-state index >= 15 is 0 Å². The molecule has 0 atom stereocenters. The van der Waals surface area contributed by atoms with Gasteiger partial charge in [0, 0.05) is 25.7 Å². The molecule has 14 heavy (non-hydrogen) atoms. The zero-order chi connectivity index (χ0) is 10.1. The second-order valence-corrected chi connectivity index (χ2v) is 5.50. The van der Waals surface area contributed by atoms with Gasteiger partial charge in [-0.3, -0.25) is 0 Å². The van der Waals surface area contributed by atoms with Gasteiger partial charge in [0.1, 0.15) is 0 Å². The predicted molar refractivity (Wildman–Crippen MR) is 67.9 cm³/mol. The fourth-order valence-corrected chi connectivity index (χ4v) is 3.80. The topological polar surface area (TPSA) is 0 Å². The van der Waals surface area contributed by atoms with Crippen molar-refractivity contribution in [2.45, 2.75) is 17.7 Å². The van der Waals surface area contributed by atoms with Crippen LogP contribution in [0.5, 0.6) is 0 Å². The first-order valence-electron chi connectivity index (χ1n) is 4.38. The van der Waals surface area contributed by atoms with Gasteiger partial charge in [0.25, 0.3) is 0 Å². The van der Waals surface area contributed by atoms with Gasteiger partial charge < -0.3 is 0 Å². The van der Waals surface area contributed by atoms with Crippen LogP contribution in [0.3, 0.4) is 0 Å². The van der Waals surface area contributed by atoms with Crippen LogP contribution >= 0.6 is 34.7 Å². The highest BCUT2D eigenvalue weighted by Crippen LogP contribution is 2.37. The van der Waals surface area contributed by atoms with Crippen molar-refractivity contribution in [2.24, 2.45) is 0 Å². The van der Waals surface area contributed by atoms with Crippen LogP contribution in [0, 0.1) is 6.92 Å². The molecule has 2 aromatic rings. The second-order valence-electron chi connectivity index (χ2n) is 3.16. The van der Waals surface area contributed by atoms with Crippen LogP contribution in [0.4, 0.5) is 0 Å². The van der Waals surface area contributed by atoms with Crippen molar-refractivity contribution in [3.05, 3.63) is 28.6 Å². The smallest absolute Gasteiger partial charge is 0.0474 e. The minimum Gasteiger partial charge on any atom is -0.139 e. The number of fused-ring (bicyclic) bond motifs is 1. The summed E-state index contributed by atoms with van der Waals surface area (Å²) in [4.78, 5) is 2.80. The monoisotopic (exact) mass is 242 g/mol. The van der Waals surface area contributed by atoms with E-state index < -0.39 is 0 Å². The molecule has 0 saturated heterocycles. The third kappa shape index (κ3) is 1.67. The lowest BCUT2D eigenvalue weighted by molar-refractivity contribution is 1.41. The zero-order valence-electron chi connectivity index (χ0n) is 8.13. The lowest BCUT2D eigenvalue weighted by atomic mass is 10.2. The molecule has 0 N–H and O–H groups in total. The molecule has 0 unspecified atom stereocenters. The number of aryl methyl sites for hydroxylation is 1. The molecular weight excluding hydrogens is 232 g/mol. The minimum atomic E-state index is 0.596. The molecule has 0 aliphatic heterocycles. The minimum absolute atomic E-state index is 0.596. The van der Waals surface area contributed by atoms with Gasteiger partial charge in [0.2, 0.25) is 0 Å². The molecule has 0 spiro atoms. The number of benzene rings is 1. The Labute approximate surface area is 97.3 Å². The SMILES string of the molecule is CSc1c(C)sc2ccc(CCl)cc12. The maximum Gasteiger partial charge on any atom is 0.0474 e. The summed E-state index contributed by atoms with van der Waals surface area (Å²) in [6, 6.07) is 6.48. The van der Waals surface area contributed by atoms with E-state index in [9.17, 15) is 0 Å². The highest BCUT2D eigenvalue weighted by molar-refractivity contribution is 7.99. The molecule has 0 bridgehead atoms. The molecule has 0 nitrogen and oxygen atoms in total. The van der Waals surface area contributed by atoms with E-state index in [2.05, 4.69) is 31.4 Å². The van der Waals surface area contributed by atoms with Crippen LogP contribution in [-0.2, 0) is 5.88 Å². The van der Waals surface area contributed by atoms with Crippen LogP contribution in [-0.4, -0.2) is 6.26 Å². The van der Waals surface area contributed by atoms with E-state index in [1.165, 1.54) is 25.4 Å². The van der Waals surface area contributed by atoms with Crippen LogP contribution in [0.1, 0.15) is 10.4 Å². The molecular formula is C11H11ClS2. The van der Waals surface area contributed by atoms with E-state index in [0.29, 0.717) is 5.88 Å². The first kappa shape index (κ1) is 10.3. The van der Waals surface area contributed by atoms with Gasteiger partial charge in [-0.1, -0.05) is 6.07 Å². The van der Waals surface area contributed by atoms with Gasteiger partial charge in [-0.05, 0) is 30.9 Å². The Morgan fingerprint density at radius 3 is 2.86 bits per heavy atom. The van der Waals surface area contributed by atoms with Gasteiger partial charge >= 0.3 is 0 Å². The zero-order valence-corrected chi connectivity index (χ0v) is 10.5. The molecule has 0 aliphatic carbocycles. The van der Waals surface area contributed by atoms with E-state index in [1.807, 2.05) is 23.1 Å². The molecule has 2 rings (SSSR count). The first-order chi connectivity index (χ1) is 6.76. The van der Waals surface area contributed by atoms with Gasteiger partial charge in [-0.25, -0.2) is 0 Å². The number of halogens is 1. The lowest BCUT2D eigenvalue weighted by Crippen LogP contribution is -1.76. The third-order valence-electron chi connectivity index (χ3n) is 2.23. The van der Waals surface area contributed by atoms with Crippen LogP contribution < -0.4 is 0 Å². The fourth-order valence-electron chi connectivity index (χ4n) is 1.58. The number of thioether (sulfide) groups is 1. The van der Waals surface area contributed by atoms with E-state index in [0.717, 1.165) is 0 Å². The highest BCUT2D eigenvalue weighted by atomic mass is 35.5. The van der Waals surface area contributed by atoms with Crippen molar-refractivity contribution >= 4 is 44.8 Å². The molecule has 74 valence electrons. The molecule has 1 heterocycles. The summed E-state index contributed by atoms with van der Waals surface area (Å²) in [7, 11) is 0. The van der Waals surface area contributed by atoms with Crippen LogP contribution in [0.25, 0.3) is 10.1 Å². The molecule has 1 aromatic carbocycles. The van der Waals surface area contributed by atoms with Gasteiger partial charge in [0.15, 0.2) is 0 Å². The van der Waals surface area contributed by atoms with Crippen molar-refractivity contribution in [1.29, 1.82) is 0 Å². The van der Waals surface area contributed by atoms with Gasteiger partial charge in [0.05, 0.1) is 0 Å². The number of rotatable bonds is 2. The molecule has 3 heteroatoms. The maximum absolute atomic E-state index is 5.83. The third-order valence-corrected chi connectivity index (χ3v) is 4.69. The number of hydrogen-bond donors (Lipinski definition) is 0. The normalized spacial score (nSPS) is 11.1. The van der Waals surface area contributed by atoms with Crippen molar-refractivity contribution in [3.63, 3.8) is 0 Å². The van der Waals surface area contributed by atoms with Crippen molar-refractivity contribution in [2.75, 3.05) is 6.26 Å². The second kappa shape index (κ2) is 4.13. The van der Waals surface area contributed by atoms with E-state index in [-0.39, 0.29) is 0 Å². The number of hydrogen-bond acceptors (Lipinski definition) is 2. The summed E-state index contributed by atoms with van der Waals surface area (Å²) in [5.41, 5.74) is 1.20. The predicted octanol–water partition coefficient (Wildman–Crippen LogP) is 4.67. The van der Waals surface area contributed by atoms with Crippen LogP contribution in [0.15, 0.2) is 23.1 Å². The summed E-state index contributed by atoms with van der Waals surface area (Å²) in [5, 5.41) is 1.36. The molecule has 0 saturated carbocycles. The van der Waals surface area contributed by atoms with Gasteiger partial charge in [-0.2, -0.15) is 0 Å². The first-order valence-corrected chi connectivity index (χ1v) is 6.96. The molecule has 0 amide bonds. The Bertz CT molecular complexity index is 460. The number of thiophene rings is 1. The Morgan fingerprint density at radius 2 is 2.21 bits per heavy atom. The summed E-state index contributed by atoms with van der Waals surface area (Å²) in [5.74, 6) is 0.596. The summed E-state index contributed by atoms with van der Waals surface area (Å²) in [6.45, 7) is 2.18. The molecule has 1 aromatic heterocycles. The molecule has 0 aliphatic rings. The fraction of sp³-hybridized carbons (Fsp3) is 0.273.